The minimum absolute atomic E-state index is 0.000921. The van der Waals surface area contributed by atoms with E-state index in [-0.39, 0.29) is 24.5 Å². The largest absolute Gasteiger partial charge is 0.444 e. The van der Waals surface area contributed by atoms with Crippen LogP contribution < -0.4 is 16.2 Å². The molecular weight excluding hydrogens is 390 g/mol. The molecule has 0 radical (unpaired) electrons. The molecule has 0 bridgehead atoms. The van der Waals surface area contributed by atoms with Gasteiger partial charge in [0.05, 0.1) is 0 Å². The quantitative estimate of drug-likeness (QED) is 0.663. The fourth-order valence-electron chi connectivity index (χ4n) is 1.96. The summed E-state index contributed by atoms with van der Waals surface area (Å²) in [5.41, 5.74) is 7.34. The molecule has 25 heavy (non-hydrogen) atoms. The average Bonchev–Trinajstić information content (AvgIpc) is 3.00. The number of carbonyl (C=O) groups excluding carboxylic acids is 3. The molecule has 0 saturated heterocycles. The van der Waals surface area contributed by atoms with Crippen LogP contribution in [0.1, 0.15) is 34.5 Å². The highest BCUT2D eigenvalue weighted by atomic mass is 79.9. The van der Waals surface area contributed by atoms with Gasteiger partial charge in [0.25, 0.3) is 0 Å². The van der Waals surface area contributed by atoms with Crippen molar-refractivity contribution >= 4 is 39.3 Å². The van der Waals surface area contributed by atoms with E-state index in [9.17, 15) is 14.4 Å². The van der Waals surface area contributed by atoms with Crippen LogP contribution in [0, 0.1) is 13.8 Å². The van der Waals surface area contributed by atoms with Gasteiger partial charge in [0.15, 0.2) is 10.4 Å². The summed E-state index contributed by atoms with van der Waals surface area (Å²) in [6.45, 7) is 3.94. The summed E-state index contributed by atoms with van der Waals surface area (Å²) in [7, 11) is 0. The van der Waals surface area contributed by atoms with E-state index in [1.165, 1.54) is 6.07 Å². The lowest BCUT2D eigenvalue weighted by Gasteiger charge is -2.08. The number of hydrogen-bond acceptors (Lipinski definition) is 4. The van der Waals surface area contributed by atoms with Gasteiger partial charge >= 0.3 is 5.91 Å². The van der Waals surface area contributed by atoms with Gasteiger partial charge in [-0.2, -0.15) is 0 Å². The maximum Gasteiger partial charge on any atom is 0.305 e. The van der Waals surface area contributed by atoms with Gasteiger partial charge in [0.1, 0.15) is 0 Å². The Bertz CT molecular complexity index is 801. The minimum Gasteiger partial charge on any atom is -0.444 e. The van der Waals surface area contributed by atoms with E-state index >= 15 is 0 Å². The lowest BCUT2D eigenvalue weighted by Crippen LogP contribution is -2.41. The van der Waals surface area contributed by atoms with Crippen molar-refractivity contribution in [3.8, 4) is 0 Å². The Balaban J connectivity index is 1.72. The lowest BCUT2D eigenvalue weighted by molar-refractivity contribution is -0.124. The van der Waals surface area contributed by atoms with E-state index in [4.69, 9.17) is 4.42 Å². The monoisotopic (exact) mass is 407 g/mol. The van der Waals surface area contributed by atoms with Crippen LogP contribution >= 0.6 is 15.9 Å². The first-order chi connectivity index (χ1) is 11.8. The van der Waals surface area contributed by atoms with E-state index in [2.05, 4.69) is 32.1 Å². The van der Waals surface area contributed by atoms with Crippen molar-refractivity contribution in [1.29, 1.82) is 0 Å². The van der Waals surface area contributed by atoms with Crippen LogP contribution in [0.2, 0.25) is 0 Å². The Morgan fingerprint density at radius 2 is 1.68 bits per heavy atom. The standard InChI is InChI=1S/C17H18BrN3O4/c1-10-3-4-12(9-11(10)2)19-15(22)7-8-16(23)20-21-17(24)13-5-6-14(18)25-13/h3-6,9H,7-8H2,1-2H3,(H,19,22)(H,20,23)(H,21,24). The van der Waals surface area contributed by atoms with E-state index < -0.39 is 11.8 Å². The van der Waals surface area contributed by atoms with Crippen LogP contribution in [-0.4, -0.2) is 17.7 Å². The maximum absolute atomic E-state index is 11.9. The van der Waals surface area contributed by atoms with Gasteiger partial charge in [0.2, 0.25) is 11.8 Å². The van der Waals surface area contributed by atoms with E-state index in [1.54, 1.807) is 6.07 Å². The zero-order valence-electron chi connectivity index (χ0n) is 13.8. The van der Waals surface area contributed by atoms with Gasteiger partial charge in [-0.1, -0.05) is 6.07 Å². The van der Waals surface area contributed by atoms with Crippen LogP contribution in [0.4, 0.5) is 5.69 Å². The van der Waals surface area contributed by atoms with Gasteiger partial charge in [-0.05, 0) is 65.2 Å². The normalized spacial score (nSPS) is 10.2. The number of benzene rings is 1. The molecule has 0 fully saturated rings. The Morgan fingerprint density at radius 1 is 0.960 bits per heavy atom. The molecule has 0 saturated carbocycles. The third-order valence-electron chi connectivity index (χ3n) is 3.48. The van der Waals surface area contributed by atoms with Crippen LogP contribution in [0.5, 0.6) is 0 Å². The van der Waals surface area contributed by atoms with E-state index in [0.29, 0.717) is 10.4 Å². The molecule has 2 rings (SSSR count). The van der Waals surface area contributed by atoms with Crippen LogP contribution in [0.3, 0.4) is 0 Å². The number of carbonyl (C=O) groups is 3. The van der Waals surface area contributed by atoms with Crippen molar-refractivity contribution in [2.45, 2.75) is 26.7 Å². The Labute approximate surface area is 153 Å². The summed E-state index contributed by atoms with van der Waals surface area (Å²) in [6.07, 6.45) is -0.0558. The fourth-order valence-corrected chi connectivity index (χ4v) is 2.26. The van der Waals surface area contributed by atoms with Crippen molar-refractivity contribution in [1.82, 2.24) is 10.9 Å². The molecular formula is C17H18BrN3O4. The SMILES string of the molecule is Cc1ccc(NC(=O)CCC(=O)NNC(=O)c2ccc(Br)o2)cc1C. The van der Waals surface area contributed by atoms with Crippen molar-refractivity contribution in [2.75, 3.05) is 5.32 Å². The van der Waals surface area contributed by atoms with Crippen LogP contribution in [-0.2, 0) is 9.59 Å². The second-order valence-electron chi connectivity index (χ2n) is 5.45. The predicted molar refractivity (Wildman–Crippen MR) is 95.8 cm³/mol. The highest BCUT2D eigenvalue weighted by Gasteiger charge is 2.12. The highest BCUT2D eigenvalue weighted by Crippen LogP contribution is 2.15. The molecule has 3 amide bonds. The third-order valence-corrected chi connectivity index (χ3v) is 3.91. The van der Waals surface area contributed by atoms with Gasteiger partial charge in [-0.25, -0.2) is 0 Å². The number of rotatable bonds is 5. The maximum atomic E-state index is 11.9. The number of hydrogen-bond donors (Lipinski definition) is 3. The number of anilines is 1. The summed E-state index contributed by atoms with van der Waals surface area (Å²) in [5.74, 6) is -1.29. The number of nitrogens with one attached hydrogen (secondary N) is 3. The molecule has 0 aliphatic heterocycles. The summed E-state index contributed by atoms with van der Waals surface area (Å²) >= 11 is 3.08. The van der Waals surface area contributed by atoms with Crippen LogP contribution in [0.25, 0.3) is 0 Å². The molecule has 0 spiro atoms. The predicted octanol–water partition coefficient (Wildman–Crippen LogP) is 2.84. The average molecular weight is 408 g/mol. The molecule has 3 N–H and O–H groups in total. The Kier molecular flexibility index (Phi) is 6.35. The van der Waals surface area contributed by atoms with Crippen molar-refractivity contribution in [3.05, 3.63) is 51.9 Å². The molecule has 2 aromatic rings. The van der Waals surface area contributed by atoms with Gasteiger partial charge < -0.3 is 9.73 Å². The van der Waals surface area contributed by atoms with Gasteiger partial charge in [0, 0.05) is 18.5 Å². The first-order valence-electron chi connectivity index (χ1n) is 7.57. The summed E-state index contributed by atoms with van der Waals surface area (Å²) in [5, 5.41) is 2.73. The molecule has 8 heteroatoms. The smallest absolute Gasteiger partial charge is 0.305 e. The number of amides is 3. The second kappa shape index (κ2) is 8.48. The summed E-state index contributed by atoms with van der Waals surface area (Å²) in [4.78, 5) is 35.3. The molecule has 0 aliphatic carbocycles. The summed E-state index contributed by atoms with van der Waals surface area (Å²) in [6, 6.07) is 8.62. The first-order valence-corrected chi connectivity index (χ1v) is 8.36. The van der Waals surface area contributed by atoms with Crippen molar-refractivity contribution < 1.29 is 18.8 Å². The van der Waals surface area contributed by atoms with Gasteiger partial charge in [-0.3, -0.25) is 25.2 Å². The topological polar surface area (TPSA) is 100 Å². The fraction of sp³-hybridized carbons (Fsp3) is 0.235. The van der Waals surface area contributed by atoms with Crippen molar-refractivity contribution in [3.63, 3.8) is 0 Å². The minimum atomic E-state index is -0.585. The number of halogens is 1. The van der Waals surface area contributed by atoms with E-state index in [1.807, 2.05) is 32.0 Å². The molecule has 0 unspecified atom stereocenters. The second-order valence-corrected chi connectivity index (χ2v) is 6.23. The number of hydrazine groups is 1. The lowest BCUT2D eigenvalue weighted by atomic mass is 10.1. The molecule has 0 aliphatic rings. The molecule has 1 aromatic heterocycles. The summed E-state index contributed by atoms with van der Waals surface area (Å²) < 4.78 is 5.46. The molecule has 1 heterocycles. The zero-order chi connectivity index (χ0) is 18.4. The zero-order valence-corrected chi connectivity index (χ0v) is 15.4. The first kappa shape index (κ1) is 18.7. The Morgan fingerprint density at radius 3 is 2.32 bits per heavy atom. The number of aryl methyl sites for hydroxylation is 2. The molecule has 1 aromatic carbocycles. The van der Waals surface area contributed by atoms with E-state index in [0.717, 1.165) is 11.1 Å². The molecule has 0 atom stereocenters. The third kappa shape index (κ3) is 5.75. The molecule has 132 valence electrons. The highest BCUT2D eigenvalue weighted by molar-refractivity contribution is 9.10. The van der Waals surface area contributed by atoms with Crippen LogP contribution in [0.15, 0.2) is 39.4 Å². The van der Waals surface area contributed by atoms with Gasteiger partial charge in [-0.15, -0.1) is 0 Å². The van der Waals surface area contributed by atoms with Crippen molar-refractivity contribution in [2.24, 2.45) is 0 Å². The Hall–Kier alpha value is -2.61. The molecule has 7 nitrogen and oxygen atoms in total. The number of furan rings is 1.